The van der Waals surface area contributed by atoms with Crippen molar-refractivity contribution in [2.24, 2.45) is 0 Å². The van der Waals surface area contributed by atoms with Crippen molar-refractivity contribution < 1.29 is 13.6 Å². The Morgan fingerprint density at radius 1 is 0.477 bits per heavy atom. The lowest BCUT2D eigenvalue weighted by molar-refractivity contribution is 0.387. The summed E-state index contributed by atoms with van der Waals surface area (Å²) >= 11 is 0. The first kappa shape index (κ1) is 33.6. The van der Waals surface area contributed by atoms with E-state index in [9.17, 15) is 0 Å². The van der Waals surface area contributed by atoms with Crippen LogP contribution in [0.1, 0.15) is 105 Å². The Bertz CT molecular complexity index is 1570. The Morgan fingerprint density at radius 3 is 1.30 bits per heavy atom. The van der Waals surface area contributed by atoms with Crippen molar-refractivity contribution in [3.05, 3.63) is 113 Å². The molecule has 0 N–H and O–H groups in total. The molecule has 0 aliphatic rings. The third-order valence-electron chi connectivity index (χ3n) is 8.03. The fourth-order valence-corrected chi connectivity index (χ4v) is 7.11. The Morgan fingerprint density at radius 2 is 0.886 bits per heavy atom. The topological polar surface area (TPSA) is 35.5 Å². The molecule has 0 amide bonds. The Hall–Kier alpha value is -3.29. The molecule has 0 atom stereocenters. The summed E-state index contributed by atoms with van der Waals surface area (Å²) in [4.78, 5) is 0. The summed E-state index contributed by atoms with van der Waals surface area (Å²) in [6.45, 7) is 26.2. The minimum atomic E-state index is -4.02. The number of hydrogen-bond donors (Lipinski definition) is 0. The maximum Gasteiger partial charge on any atom is 0.463 e. The van der Waals surface area contributed by atoms with E-state index < -0.39 is 7.60 Å². The van der Waals surface area contributed by atoms with Gasteiger partial charge in [-0.3, -0.25) is 0 Å². The molecule has 0 aliphatic heterocycles. The van der Waals surface area contributed by atoms with Crippen LogP contribution in [0, 0.1) is 0 Å². The average Bonchev–Trinajstić information content (AvgIpc) is 2.91. The SMILES string of the molecule is CC(C)(C)c1ccc(OP(=O)(Oc2ccc(C(C)(C)C)cc2C(C)(C)C)c2ccccc2-c2ccccc2)c(C(C)(C)C)c1. The quantitative estimate of drug-likeness (QED) is 0.204. The number of rotatable bonds is 6. The van der Waals surface area contributed by atoms with Gasteiger partial charge in [0.15, 0.2) is 0 Å². The molecule has 0 saturated heterocycles. The van der Waals surface area contributed by atoms with Crippen molar-refractivity contribution in [3.63, 3.8) is 0 Å². The van der Waals surface area contributed by atoms with E-state index in [1.165, 1.54) is 11.1 Å². The smallest absolute Gasteiger partial charge is 0.412 e. The van der Waals surface area contributed by atoms with Crippen LogP contribution in [0.4, 0.5) is 0 Å². The highest BCUT2D eigenvalue weighted by Gasteiger charge is 2.38. The third-order valence-corrected chi connectivity index (χ3v) is 9.88. The van der Waals surface area contributed by atoms with Crippen LogP contribution in [0.2, 0.25) is 0 Å². The van der Waals surface area contributed by atoms with E-state index in [1.54, 1.807) is 0 Å². The summed E-state index contributed by atoms with van der Waals surface area (Å²) in [5.41, 5.74) is 5.54. The molecule has 4 rings (SSSR count). The van der Waals surface area contributed by atoms with E-state index >= 15 is 4.57 Å². The largest absolute Gasteiger partial charge is 0.463 e. The second-order valence-electron chi connectivity index (χ2n) is 16.0. The first-order valence-electron chi connectivity index (χ1n) is 15.6. The van der Waals surface area contributed by atoms with Gasteiger partial charge in [0.25, 0.3) is 0 Å². The minimum absolute atomic E-state index is 0.0466. The molecule has 0 aliphatic carbocycles. The third kappa shape index (κ3) is 7.49. The summed E-state index contributed by atoms with van der Waals surface area (Å²) in [6, 6.07) is 30.2. The maximum absolute atomic E-state index is 15.6. The fourth-order valence-electron chi connectivity index (χ4n) is 5.27. The Labute approximate surface area is 266 Å². The van der Waals surface area contributed by atoms with Gasteiger partial charge in [0.2, 0.25) is 0 Å². The average molecular weight is 611 g/mol. The summed E-state index contributed by atoms with van der Waals surface area (Å²) < 4.78 is 29.2. The summed E-state index contributed by atoms with van der Waals surface area (Å²) in [6.07, 6.45) is 0. The Kier molecular flexibility index (Phi) is 9.09. The predicted molar refractivity (Wildman–Crippen MR) is 188 cm³/mol. The lowest BCUT2D eigenvalue weighted by Gasteiger charge is -2.31. The molecular formula is C40H51O3P. The van der Waals surface area contributed by atoms with Gasteiger partial charge in [-0.25, -0.2) is 4.57 Å². The summed E-state index contributed by atoms with van der Waals surface area (Å²) in [5.74, 6) is 1.14. The van der Waals surface area contributed by atoms with Crippen LogP contribution in [0.15, 0.2) is 91.0 Å². The summed E-state index contributed by atoms with van der Waals surface area (Å²) in [7, 11) is -4.02. The molecule has 0 saturated carbocycles. The van der Waals surface area contributed by atoms with Gasteiger partial charge in [-0.15, -0.1) is 0 Å². The van der Waals surface area contributed by atoms with Gasteiger partial charge in [-0.2, -0.15) is 0 Å². The molecule has 4 aromatic rings. The molecule has 0 fully saturated rings. The van der Waals surface area contributed by atoms with Crippen molar-refractivity contribution in [1.29, 1.82) is 0 Å². The highest BCUT2D eigenvalue weighted by atomic mass is 31.2. The molecule has 44 heavy (non-hydrogen) atoms. The van der Waals surface area contributed by atoms with Gasteiger partial charge in [0.05, 0.1) is 5.30 Å². The van der Waals surface area contributed by atoms with E-state index in [1.807, 2.05) is 66.7 Å². The van der Waals surface area contributed by atoms with Crippen LogP contribution in [0.25, 0.3) is 11.1 Å². The summed E-state index contributed by atoms with van der Waals surface area (Å²) in [5, 5.41) is 0.533. The zero-order chi connectivity index (χ0) is 32.7. The first-order valence-corrected chi connectivity index (χ1v) is 17.2. The van der Waals surface area contributed by atoms with Gasteiger partial charge in [0.1, 0.15) is 11.5 Å². The van der Waals surface area contributed by atoms with Crippen molar-refractivity contribution in [1.82, 2.24) is 0 Å². The van der Waals surface area contributed by atoms with E-state index in [4.69, 9.17) is 9.05 Å². The molecule has 0 unspecified atom stereocenters. The molecule has 0 bridgehead atoms. The monoisotopic (exact) mass is 610 g/mol. The van der Waals surface area contributed by atoms with E-state index in [0.717, 1.165) is 22.3 Å². The highest BCUT2D eigenvalue weighted by molar-refractivity contribution is 7.63. The van der Waals surface area contributed by atoms with Gasteiger partial charge in [-0.1, -0.05) is 156 Å². The van der Waals surface area contributed by atoms with E-state index in [-0.39, 0.29) is 21.7 Å². The van der Waals surface area contributed by atoms with Crippen LogP contribution >= 0.6 is 7.60 Å². The van der Waals surface area contributed by atoms with Crippen molar-refractivity contribution in [2.45, 2.75) is 105 Å². The molecular weight excluding hydrogens is 559 g/mol. The van der Waals surface area contributed by atoms with Gasteiger partial charge in [0, 0.05) is 11.1 Å². The fraction of sp³-hybridized carbons (Fsp3) is 0.400. The van der Waals surface area contributed by atoms with Gasteiger partial charge >= 0.3 is 7.60 Å². The molecule has 3 nitrogen and oxygen atoms in total. The first-order chi connectivity index (χ1) is 20.2. The molecule has 0 aromatic heterocycles. The lowest BCUT2D eigenvalue weighted by Crippen LogP contribution is -2.22. The van der Waals surface area contributed by atoms with Crippen LogP contribution in [-0.4, -0.2) is 0 Å². The van der Waals surface area contributed by atoms with Crippen molar-refractivity contribution in [2.75, 3.05) is 0 Å². The van der Waals surface area contributed by atoms with Crippen LogP contribution < -0.4 is 14.4 Å². The lowest BCUT2D eigenvalue weighted by atomic mass is 9.80. The molecule has 0 radical (unpaired) electrons. The molecule has 234 valence electrons. The van der Waals surface area contributed by atoms with Crippen LogP contribution in [0.5, 0.6) is 11.5 Å². The zero-order valence-electron chi connectivity index (χ0n) is 28.8. The number of hydrogen-bond acceptors (Lipinski definition) is 3. The maximum atomic E-state index is 15.6. The van der Waals surface area contributed by atoms with Crippen molar-refractivity contribution in [3.8, 4) is 22.6 Å². The van der Waals surface area contributed by atoms with E-state index in [2.05, 4.69) is 107 Å². The van der Waals surface area contributed by atoms with Crippen molar-refractivity contribution >= 4 is 12.9 Å². The molecule has 4 aromatic carbocycles. The van der Waals surface area contributed by atoms with Crippen LogP contribution in [-0.2, 0) is 26.2 Å². The standard InChI is InChI=1S/C40H51O3P/c1-37(2,3)29-22-24-34(32(26-29)39(7,8)9)42-44(41,36-21-17-16-20-31(36)28-18-14-13-15-19-28)43-35-25-23-30(38(4,5)6)27-33(35)40(10,11)12/h13-27H,1-12H3. The highest BCUT2D eigenvalue weighted by Crippen LogP contribution is 2.53. The second-order valence-corrected chi connectivity index (χ2v) is 17.8. The Balaban J connectivity index is 1.99. The van der Waals surface area contributed by atoms with Gasteiger partial charge in [-0.05, 0) is 62.1 Å². The molecule has 0 spiro atoms. The molecule has 4 heteroatoms. The van der Waals surface area contributed by atoms with Crippen LogP contribution in [0.3, 0.4) is 0 Å². The van der Waals surface area contributed by atoms with E-state index in [0.29, 0.717) is 16.8 Å². The number of benzene rings is 4. The van der Waals surface area contributed by atoms with Gasteiger partial charge < -0.3 is 9.05 Å². The predicted octanol–water partition coefficient (Wildman–Crippen LogP) is 11.5. The molecule has 0 heterocycles. The normalized spacial score (nSPS) is 13.1. The minimum Gasteiger partial charge on any atom is -0.412 e. The second kappa shape index (κ2) is 11.9. The zero-order valence-corrected chi connectivity index (χ0v) is 29.7.